The minimum atomic E-state index is -0.188. The molecule has 0 amide bonds. The molecule has 3 aliphatic rings. The van der Waals surface area contributed by atoms with E-state index in [9.17, 15) is 0 Å². The Labute approximate surface area is 171 Å². The summed E-state index contributed by atoms with van der Waals surface area (Å²) in [6.07, 6.45) is 1.33. The topological polar surface area (TPSA) is 0 Å². The smallest absolute Gasteiger partial charge is 0.0619 e. The molecule has 0 bridgehead atoms. The highest BCUT2D eigenvalue weighted by atomic mass is 14.5. The van der Waals surface area contributed by atoms with Crippen molar-refractivity contribution in [1.82, 2.24) is 0 Å². The zero-order valence-electron chi connectivity index (χ0n) is 16.5. The van der Waals surface area contributed by atoms with E-state index in [-0.39, 0.29) is 5.41 Å². The lowest BCUT2D eigenvalue weighted by Gasteiger charge is -2.30. The van der Waals surface area contributed by atoms with Crippen molar-refractivity contribution in [3.63, 3.8) is 0 Å². The maximum Gasteiger partial charge on any atom is 0.0725 e. The van der Waals surface area contributed by atoms with Crippen molar-refractivity contribution in [3.05, 3.63) is 119 Å². The number of fused-ring (bicyclic) bond motifs is 10. The molecule has 1 unspecified atom stereocenters. The first kappa shape index (κ1) is 15.8. The third kappa shape index (κ3) is 1.81. The van der Waals surface area contributed by atoms with Crippen LogP contribution in [0.2, 0.25) is 0 Å². The second-order valence-corrected chi connectivity index (χ2v) is 9.01. The normalized spacial score (nSPS) is 21.4. The summed E-state index contributed by atoms with van der Waals surface area (Å²) in [5, 5.41) is 0. The molecule has 0 heteroatoms. The molecule has 0 aromatic heterocycles. The fourth-order valence-corrected chi connectivity index (χ4v) is 6.13. The first-order valence-electron chi connectivity index (χ1n) is 10.7. The summed E-state index contributed by atoms with van der Waals surface area (Å²) in [5.41, 5.74) is 12.7. The van der Waals surface area contributed by atoms with Crippen LogP contribution < -0.4 is 0 Å². The van der Waals surface area contributed by atoms with E-state index < -0.39 is 0 Å². The Morgan fingerprint density at radius 2 is 1.03 bits per heavy atom. The second-order valence-electron chi connectivity index (χ2n) is 9.01. The van der Waals surface area contributed by atoms with Gasteiger partial charge in [0.2, 0.25) is 0 Å². The average molecular weight is 370 g/mol. The predicted molar refractivity (Wildman–Crippen MR) is 119 cm³/mol. The van der Waals surface area contributed by atoms with Crippen molar-refractivity contribution in [2.75, 3.05) is 0 Å². The Morgan fingerprint density at radius 3 is 1.55 bits per heavy atom. The van der Waals surface area contributed by atoms with Crippen LogP contribution in [0.4, 0.5) is 0 Å². The Kier molecular flexibility index (Phi) is 2.87. The summed E-state index contributed by atoms with van der Waals surface area (Å²) in [4.78, 5) is 0. The van der Waals surface area contributed by atoms with Crippen LogP contribution >= 0.6 is 0 Å². The minimum Gasteiger partial charge on any atom is -0.0619 e. The highest BCUT2D eigenvalue weighted by molar-refractivity contribution is 5.95. The molecule has 0 heterocycles. The summed E-state index contributed by atoms with van der Waals surface area (Å²) in [5.74, 6) is 1.57. The van der Waals surface area contributed by atoms with Crippen LogP contribution in [0.25, 0.3) is 22.3 Å². The van der Waals surface area contributed by atoms with Gasteiger partial charge in [-0.1, -0.05) is 97.9 Å². The number of hydrogen-bond acceptors (Lipinski definition) is 0. The van der Waals surface area contributed by atoms with Crippen LogP contribution in [0.1, 0.15) is 47.1 Å². The number of hydrogen-bond donors (Lipinski definition) is 0. The van der Waals surface area contributed by atoms with Crippen LogP contribution in [-0.2, 0) is 5.41 Å². The molecular formula is C29H22. The fourth-order valence-electron chi connectivity index (χ4n) is 6.13. The van der Waals surface area contributed by atoms with Crippen LogP contribution in [0.5, 0.6) is 0 Å². The van der Waals surface area contributed by atoms with Crippen LogP contribution in [0, 0.1) is 5.92 Å². The van der Waals surface area contributed by atoms with Gasteiger partial charge in [0.05, 0.1) is 5.41 Å². The second kappa shape index (κ2) is 5.27. The number of benzene rings is 4. The van der Waals surface area contributed by atoms with Gasteiger partial charge in [-0.2, -0.15) is 0 Å². The molecule has 0 nitrogen and oxygen atoms in total. The molecule has 0 N–H and O–H groups in total. The van der Waals surface area contributed by atoms with Gasteiger partial charge >= 0.3 is 0 Å². The molecule has 0 radical (unpaired) electrons. The molecule has 29 heavy (non-hydrogen) atoms. The lowest BCUT2D eigenvalue weighted by molar-refractivity contribution is 0.792. The Hall–Kier alpha value is -3.12. The van der Waals surface area contributed by atoms with E-state index in [1.54, 1.807) is 0 Å². The largest absolute Gasteiger partial charge is 0.0725 e. The number of rotatable bonds is 1. The van der Waals surface area contributed by atoms with Crippen molar-refractivity contribution in [2.45, 2.75) is 24.7 Å². The summed E-state index contributed by atoms with van der Waals surface area (Å²) >= 11 is 0. The van der Waals surface area contributed by atoms with Crippen molar-refractivity contribution in [1.29, 1.82) is 0 Å². The predicted octanol–water partition coefficient (Wildman–Crippen LogP) is 7.15. The molecule has 3 aliphatic carbocycles. The highest BCUT2D eigenvalue weighted by Crippen LogP contribution is 2.63. The van der Waals surface area contributed by atoms with Crippen LogP contribution in [-0.4, -0.2) is 0 Å². The summed E-state index contributed by atoms with van der Waals surface area (Å²) in [6.45, 7) is 2.37. The molecule has 1 fully saturated rings. The van der Waals surface area contributed by atoms with Crippen molar-refractivity contribution in [3.8, 4) is 22.3 Å². The van der Waals surface area contributed by atoms with Crippen LogP contribution in [0.15, 0.2) is 91.0 Å². The Balaban J connectivity index is 1.63. The SMILES string of the molecule is C[C@H]1CC1c1ccc2c(c1)-c1ccccc1C21c2ccccc2-c2ccccc21. The maximum atomic E-state index is 2.50. The van der Waals surface area contributed by atoms with E-state index >= 15 is 0 Å². The lowest BCUT2D eigenvalue weighted by atomic mass is 9.70. The molecule has 0 aliphatic heterocycles. The van der Waals surface area contributed by atoms with Gasteiger partial charge in [-0.15, -0.1) is 0 Å². The Bertz CT molecular complexity index is 1260. The minimum absolute atomic E-state index is 0.188. The van der Waals surface area contributed by atoms with E-state index in [4.69, 9.17) is 0 Å². The third-order valence-corrected chi connectivity index (χ3v) is 7.56. The third-order valence-electron chi connectivity index (χ3n) is 7.56. The van der Waals surface area contributed by atoms with Gasteiger partial charge < -0.3 is 0 Å². The zero-order valence-corrected chi connectivity index (χ0v) is 16.5. The fraction of sp³-hybridized carbons (Fsp3) is 0.172. The highest BCUT2D eigenvalue weighted by Gasteiger charge is 2.51. The molecule has 4 aromatic rings. The average Bonchev–Trinajstić information content (AvgIpc) is 3.34. The monoisotopic (exact) mass is 370 g/mol. The van der Waals surface area contributed by atoms with Gasteiger partial charge in [0.1, 0.15) is 0 Å². The van der Waals surface area contributed by atoms with Gasteiger partial charge in [0.15, 0.2) is 0 Å². The van der Waals surface area contributed by atoms with E-state index in [1.165, 1.54) is 56.5 Å². The quantitative estimate of drug-likeness (QED) is 0.288. The van der Waals surface area contributed by atoms with Crippen LogP contribution in [0.3, 0.4) is 0 Å². The van der Waals surface area contributed by atoms with E-state index in [0.29, 0.717) is 0 Å². The van der Waals surface area contributed by atoms with Gasteiger partial charge in [0, 0.05) is 0 Å². The molecule has 1 spiro atoms. The van der Waals surface area contributed by atoms with Crippen molar-refractivity contribution >= 4 is 0 Å². The van der Waals surface area contributed by atoms with Crippen molar-refractivity contribution < 1.29 is 0 Å². The molecule has 7 rings (SSSR count). The molecule has 2 atom stereocenters. The zero-order chi connectivity index (χ0) is 19.2. The summed E-state index contributed by atoms with van der Waals surface area (Å²) in [6, 6.07) is 34.5. The molecule has 1 saturated carbocycles. The summed E-state index contributed by atoms with van der Waals surface area (Å²) < 4.78 is 0. The molecular weight excluding hydrogens is 348 g/mol. The maximum absolute atomic E-state index is 2.50. The van der Waals surface area contributed by atoms with E-state index in [2.05, 4.69) is 97.9 Å². The molecule has 0 saturated heterocycles. The molecule has 138 valence electrons. The first-order valence-corrected chi connectivity index (χ1v) is 10.7. The van der Waals surface area contributed by atoms with Gasteiger partial charge in [-0.05, 0) is 68.3 Å². The standard InChI is InChI=1S/C29H22/c1-18-16-23(18)19-14-15-28-24(17-19)22-10-4-7-13-27(22)29(28)25-11-5-2-8-20(25)21-9-3-6-12-26(21)29/h2-15,17-18,23H,16H2,1H3/t18-,23?/m0/s1. The van der Waals surface area contributed by atoms with E-state index in [0.717, 1.165) is 11.8 Å². The van der Waals surface area contributed by atoms with Gasteiger partial charge in [0.25, 0.3) is 0 Å². The Morgan fingerprint density at radius 1 is 0.586 bits per heavy atom. The lowest BCUT2D eigenvalue weighted by Crippen LogP contribution is -2.25. The van der Waals surface area contributed by atoms with Gasteiger partial charge in [-0.25, -0.2) is 0 Å². The van der Waals surface area contributed by atoms with E-state index in [1.807, 2.05) is 0 Å². The van der Waals surface area contributed by atoms with Gasteiger partial charge in [-0.3, -0.25) is 0 Å². The summed E-state index contributed by atoms with van der Waals surface area (Å²) in [7, 11) is 0. The first-order chi connectivity index (χ1) is 14.3. The molecule has 4 aromatic carbocycles. The van der Waals surface area contributed by atoms with Crippen molar-refractivity contribution in [2.24, 2.45) is 5.92 Å².